The molecule has 2 heteroatoms. The number of hydrogen-bond donors (Lipinski definition) is 1. The van der Waals surface area contributed by atoms with Crippen LogP contribution in [0.1, 0.15) is 206 Å². The molecule has 0 amide bonds. The molecule has 0 aliphatic carbocycles. The first-order chi connectivity index (χ1) is 19.2. The summed E-state index contributed by atoms with van der Waals surface area (Å²) < 4.78 is 0. The highest BCUT2D eigenvalue weighted by Gasteiger charge is 2.05. The number of aliphatic carboxylic acids is 1. The molecule has 0 saturated carbocycles. The van der Waals surface area contributed by atoms with Crippen molar-refractivity contribution in [3.63, 3.8) is 0 Å². The molecule has 0 heterocycles. The highest BCUT2D eigenvalue weighted by Crippen LogP contribution is 2.16. The second-order valence-electron chi connectivity index (χ2n) is 12.2. The molecule has 0 rings (SSSR count). The Labute approximate surface area is 245 Å². The van der Waals surface area contributed by atoms with Crippen LogP contribution in [0.2, 0.25) is 0 Å². The van der Waals surface area contributed by atoms with Crippen molar-refractivity contribution in [2.45, 2.75) is 206 Å². The zero-order chi connectivity index (χ0) is 28.5. The van der Waals surface area contributed by atoms with Gasteiger partial charge in [0.05, 0.1) is 0 Å². The van der Waals surface area contributed by atoms with Gasteiger partial charge in [0.1, 0.15) is 0 Å². The summed E-state index contributed by atoms with van der Waals surface area (Å²) >= 11 is 0. The SMILES string of the molecule is CCCCCCCCCCCCCCCC=CC=C(CCCCCCCCCCCCCCCCC)C(=O)O. The van der Waals surface area contributed by atoms with E-state index in [0.717, 1.165) is 19.3 Å². The lowest BCUT2D eigenvalue weighted by molar-refractivity contribution is -0.132. The van der Waals surface area contributed by atoms with Crippen LogP contribution in [0.3, 0.4) is 0 Å². The van der Waals surface area contributed by atoms with Crippen LogP contribution in [0.25, 0.3) is 0 Å². The van der Waals surface area contributed by atoms with Gasteiger partial charge in [0, 0.05) is 5.57 Å². The van der Waals surface area contributed by atoms with Crippen LogP contribution < -0.4 is 0 Å². The Kier molecular flexibility index (Phi) is 32.3. The number of allylic oxidation sites excluding steroid dienone is 3. The van der Waals surface area contributed by atoms with Crippen molar-refractivity contribution >= 4 is 5.97 Å². The Morgan fingerprint density at radius 3 is 1.10 bits per heavy atom. The molecule has 39 heavy (non-hydrogen) atoms. The maximum absolute atomic E-state index is 11.6. The van der Waals surface area contributed by atoms with Crippen LogP contribution in [0, 0.1) is 0 Å². The van der Waals surface area contributed by atoms with E-state index in [9.17, 15) is 9.90 Å². The third-order valence-corrected chi connectivity index (χ3v) is 8.23. The monoisotopic (exact) mass is 547 g/mol. The van der Waals surface area contributed by atoms with E-state index in [4.69, 9.17) is 0 Å². The highest BCUT2D eigenvalue weighted by molar-refractivity contribution is 5.86. The number of carbonyl (C=O) groups is 1. The van der Waals surface area contributed by atoms with Crippen LogP contribution in [0.15, 0.2) is 23.8 Å². The lowest BCUT2D eigenvalue weighted by Gasteiger charge is -2.04. The molecule has 2 nitrogen and oxygen atoms in total. The maximum Gasteiger partial charge on any atom is 0.331 e. The van der Waals surface area contributed by atoms with Crippen molar-refractivity contribution in [2.24, 2.45) is 0 Å². The van der Waals surface area contributed by atoms with E-state index in [1.165, 1.54) is 167 Å². The first kappa shape index (κ1) is 38.0. The van der Waals surface area contributed by atoms with Crippen LogP contribution >= 0.6 is 0 Å². The highest BCUT2D eigenvalue weighted by atomic mass is 16.4. The van der Waals surface area contributed by atoms with Gasteiger partial charge in [0.15, 0.2) is 0 Å². The molecule has 0 aromatic rings. The van der Waals surface area contributed by atoms with E-state index in [-0.39, 0.29) is 0 Å². The topological polar surface area (TPSA) is 37.3 Å². The van der Waals surface area contributed by atoms with Gasteiger partial charge >= 0.3 is 5.97 Å². The summed E-state index contributed by atoms with van der Waals surface area (Å²) in [5.74, 6) is -0.744. The van der Waals surface area contributed by atoms with E-state index in [0.29, 0.717) is 12.0 Å². The van der Waals surface area contributed by atoms with Gasteiger partial charge in [-0.25, -0.2) is 4.79 Å². The number of hydrogen-bond acceptors (Lipinski definition) is 1. The average Bonchev–Trinajstić information content (AvgIpc) is 2.93. The Morgan fingerprint density at radius 1 is 0.462 bits per heavy atom. The molecular formula is C37H70O2. The van der Waals surface area contributed by atoms with Crippen LogP contribution in [-0.4, -0.2) is 11.1 Å². The fourth-order valence-electron chi connectivity index (χ4n) is 5.51. The van der Waals surface area contributed by atoms with E-state index >= 15 is 0 Å². The third kappa shape index (κ3) is 31.3. The number of carboxylic acids is 1. The van der Waals surface area contributed by atoms with Crippen molar-refractivity contribution < 1.29 is 9.90 Å². The summed E-state index contributed by atoms with van der Waals surface area (Å²) in [6.45, 7) is 4.57. The van der Waals surface area contributed by atoms with Crippen LogP contribution in [0.5, 0.6) is 0 Å². The fourth-order valence-corrected chi connectivity index (χ4v) is 5.51. The second kappa shape index (κ2) is 33.2. The molecule has 0 aromatic heterocycles. The molecule has 0 aliphatic rings. The minimum Gasteiger partial charge on any atom is -0.478 e. The lowest BCUT2D eigenvalue weighted by atomic mass is 10.0. The zero-order valence-electron chi connectivity index (χ0n) is 26.8. The number of carboxylic acid groups (broad SMARTS) is 1. The lowest BCUT2D eigenvalue weighted by Crippen LogP contribution is -2.00. The Morgan fingerprint density at radius 2 is 0.769 bits per heavy atom. The predicted molar refractivity (Wildman–Crippen MR) is 175 cm³/mol. The quantitative estimate of drug-likeness (QED) is 0.0517. The minimum absolute atomic E-state index is 0.575. The summed E-state index contributed by atoms with van der Waals surface area (Å²) in [5, 5.41) is 9.51. The van der Waals surface area contributed by atoms with Gasteiger partial charge in [-0.2, -0.15) is 0 Å². The second-order valence-corrected chi connectivity index (χ2v) is 12.2. The molecule has 0 aliphatic heterocycles. The standard InChI is InChI=1S/C37H70O2/c1-3-5-7-9-11-13-15-17-19-21-23-25-27-29-31-33-35-36(37(38)39)34-32-30-28-26-24-22-20-18-16-14-12-10-8-6-4-2/h31,33,35H,3-30,32,34H2,1-2H3,(H,38,39). The van der Waals surface area contributed by atoms with Gasteiger partial charge < -0.3 is 5.11 Å². The van der Waals surface area contributed by atoms with Crippen molar-refractivity contribution in [1.82, 2.24) is 0 Å². The Bertz CT molecular complexity index is 548. The molecule has 0 spiro atoms. The fraction of sp³-hybridized carbons (Fsp3) is 0.865. The number of rotatable bonds is 32. The van der Waals surface area contributed by atoms with Crippen LogP contribution in [0.4, 0.5) is 0 Å². The smallest absolute Gasteiger partial charge is 0.331 e. The number of unbranched alkanes of at least 4 members (excludes halogenated alkanes) is 27. The Balaban J connectivity index is 3.54. The van der Waals surface area contributed by atoms with Crippen molar-refractivity contribution in [3.05, 3.63) is 23.8 Å². The average molecular weight is 547 g/mol. The molecule has 0 radical (unpaired) electrons. The van der Waals surface area contributed by atoms with Crippen LogP contribution in [-0.2, 0) is 4.79 Å². The van der Waals surface area contributed by atoms with Gasteiger partial charge in [-0.1, -0.05) is 199 Å². The van der Waals surface area contributed by atoms with Gasteiger partial charge in [0.25, 0.3) is 0 Å². The summed E-state index contributed by atoms with van der Waals surface area (Å²) in [4.78, 5) is 11.6. The largest absolute Gasteiger partial charge is 0.478 e. The third-order valence-electron chi connectivity index (χ3n) is 8.23. The van der Waals surface area contributed by atoms with Crippen molar-refractivity contribution in [2.75, 3.05) is 0 Å². The first-order valence-electron chi connectivity index (χ1n) is 17.8. The van der Waals surface area contributed by atoms with E-state index in [1.807, 2.05) is 12.2 Å². The molecule has 0 saturated heterocycles. The molecule has 230 valence electrons. The molecular weight excluding hydrogens is 476 g/mol. The van der Waals surface area contributed by atoms with E-state index < -0.39 is 5.97 Å². The molecule has 0 bridgehead atoms. The summed E-state index contributed by atoms with van der Waals surface area (Å²) in [7, 11) is 0. The Hall–Kier alpha value is -1.05. The summed E-state index contributed by atoms with van der Waals surface area (Å²) in [6, 6.07) is 0. The minimum atomic E-state index is -0.744. The van der Waals surface area contributed by atoms with E-state index in [2.05, 4.69) is 19.9 Å². The van der Waals surface area contributed by atoms with Gasteiger partial charge in [-0.05, 0) is 25.7 Å². The normalized spacial score (nSPS) is 12.1. The molecule has 1 N–H and O–H groups in total. The van der Waals surface area contributed by atoms with Crippen molar-refractivity contribution in [3.8, 4) is 0 Å². The zero-order valence-corrected chi connectivity index (χ0v) is 26.8. The van der Waals surface area contributed by atoms with E-state index in [1.54, 1.807) is 0 Å². The summed E-state index contributed by atoms with van der Waals surface area (Å²) in [5.41, 5.74) is 0.575. The molecule has 0 fully saturated rings. The molecule has 0 atom stereocenters. The van der Waals surface area contributed by atoms with Gasteiger partial charge in [-0.15, -0.1) is 0 Å². The van der Waals surface area contributed by atoms with Crippen molar-refractivity contribution in [1.29, 1.82) is 0 Å². The molecule has 0 aromatic carbocycles. The first-order valence-corrected chi connectivity index (χ1v) is 17.8. The molecule has 0 unspecified atom stereocenters. The maximum atomic E-state index is 11.6. The predicted octanol–water partition coefficient (Wildman–Crippen LogP) is 13.3. The van der Waals surface area contributed by atoms with Gasteiger partial charge in [0.2, 0.25) is 0 Å². The van der Waals surface area contributed by atoms with Gasteiger partial charge in [-0.3, -0.25) is 0 Å². The summed E-state index contributed by atoms with van der Waals surface area (Å²) in [6.07, 6.45) is 45.9.